The molecule has 0 saturated heterocycles. The lowest BCUT2D eigenvalue weighted by atomic mass is 10.0. The predicted molar refractivity (Wildman–Crippen MR) is 64.2 cm³/mol. The molecule has 0 atom stereocenters. The third-order valence-corrected chi connectivity index (χ3v) is 2.30. The van der Waals surface area contributed by atoms with E-state index in [0.717, 1.165) is 5.56 Å². The molecule has 1 rings (SSSR count). The summed E-state index contributed by atoms with van der Waals surface area (Å²) in [5.74, 6) is -0.0382. The number of allylic oxidation sites excluding steroid dienone is 1. The van der Waals surface area contributed by atoms with Crippen molar-refractivity contribution in [2.75, 3.05) is 0 Å². The number of ketones is 2. The van der Waals surface area contributed by atoms with Crippen molar-refractivity contribution in [3.8, 4) is 0 Å². The Labute approximate surface area is 96.0 Å². The first kappa shape index (κ1) is 12.4. The van der Waals surface area contributed by atoms with Crippen LogP contribution in [-0.2, 0) is 16.0 Å². The minimum Gasteiger partial charge on any atom is -0.299 e. The molecule has 84 valence electrons. The van der Waals surface area contributed by atoms with Crippen LogP contribution in [0.4, 0.5) is 0 Å². The molecule has 2 nitrogen and oxygen atoms in total. The van der Waals surface area contributed by atoms with E-state index in [1.807, 2.05) is 30.3 Å². The lowest BCUT2D eigenvalue weighted by molar-refractivity contribution is -0.126. The first-order valence-electron chi connectivity index (χ1n) is 5.40. The maximum atomic E-state index is 11.4. The molecule has 0 fully saturated rings. The molecule has 0 heterocycles. The third-order valence-electron chi connectivity index (χ3n) is 2.30. The van der Waals surface area contributed by atoms with Crippen molar-refractivity contribution in [1.29, 1.82) is 0 Å². The van der Waals surface area contributed by atoms with Crippen LogP contribution in [0.25, 0.3) is 0 Å². The summed E-state index contributed by atoms with van der Waals surface area (Å²) in [7, 11) is 0. The van der Waals surface area contributed by atoms with Crippen LogP contribution in [0.15, 0.2) is 43.0 Å². The quantitative estimate of drug-likeness (QED) is 0.518. The second-order valence-electron chi connectivity index (χ2n) is 3.73. The summed E-state index contributed by atoms with van der Waals surface area (Å²) in [6.45, 7) is 3.47. The Morgan fingerprint density at radius 2 is 1.81 bits per heavy atom. The van der Waals surface area contributed by atoms with Crippen molar-refractivity contribution in [1.82, 2.24) is 0 Å². The van der Waals surface area contributed by atoms with Gasteiger partial charge in [-0.05, 0) is 12.0 Å². The fraction of sp³-hybridized carbons (Fsp3) is 0.286. The van der Waals surface area contributed by atoms with E-state index in [9.17, 15) is 9.59 Å². The Kier molecular flexibility index (Phi) is 5.20. The van der Waals surface area contributed by atoms with Crippen LogP contribution in [0, 0.1) is 0 Å². The monoisotopic (exact) mass is 216 g/mol. The lowest BCUT2D eigenvalue weighted by Gasteiger charge is -2.00. The largest absolute Gasteiger partial charge is 0.299 e. The van der Waals surface area contributed by atoms with Crippen molar-refractivity contribution >= 4 is 11.6 Å². The zero-order valence-electron chi connectivity index (χ0n) is 9.32. The molecule has 1 aromatic carbocycles. The Balaban J connectivity index is 2.30. The number of aryl methyl sites for hydroxylation is 1. The Morgan fingerprint density at radius 1 is 1.12 bits per heavy atom. The van der Waals surface area contributed by atoms with Crippen LogP contribution in [-0.4, -0.2) is 11.6 Å². The summed E-state index contributed by atoms with van der Waals surface area (Å²) in [6.07, 6.45) is 3.01. The molecule has 0 radical (unpaired) electrons. The molecule has 0 aliphatic heterocycles. The van der Waals surface area contributed by atoms with Crippen LogP contribution in [0.2, 0.25) is 0 Å². The third kappa shape index (κ3) is 4.69. The summed E-state index contributed by atoms with van der Waals surface area (Å²) in [6, 6.07) is 9.81. The number of Topliss-reactive ketones (excluding diaryl/α,β-unsaturated/α-hetero) is 2. The van der Waals surface area contributed by atoms with Crippen molar-refractivity contribution in [2.45, 2.75) is 25.7 Å². The van der Waals surface area contributed by atoms with Crippen LogP contribution in [0.1, 0.15) is 24.8 Å². The van der Waals surface area contributed by atoms with Gasteiger partial charge in [-0.3, -0.25) is 9.59 Å². The first-order valence-corrected chi connectivity index (χ1v) is 5.40. The zero-order valence-corrected chi connectivity index (χ0v) is 9.32. The fourth-order valence-electron chi connectivity index (χ4n) is 1.47. The van der Waals surface area contributed by atoms with Gasteiger partial charge in [-0.2, -0.15) is 0 Å². The molecule has 0 saturated carbocycles. The van der Waals surface area contributed by atoms with Gasteiger partial charge in [0.15, 0.2) is 0 Å². The summed E-state index contributed by atoms with van der Waals surface area (Å²) >= 11 is 0. The van der Waals surface area contributed by atoms with Crippen molar-refractivity contribution < 1.29 is 9.59 Å². The smallest absolute Gasteiger partial charge is 0.143 e. The van der Waals surface area contributed by atoms with E-state index in [-0.39, 0.29) is 24.4 Å². The van der Waals surface area contributed by atoms with E-state index in [1.54, 1.807) is 0 Å². The fourth-order valence-corrected chi connectivity index (χ4v) is 1.47. The van der Waals surface area contributed by atoms with Gasteiger partial charge < -0.3 is 0 Å². The van der Waals surface area contributed by atoms with Gasteiger partial charge in [0.25, 0.3) is 0 Å². The van der Waals surface area contributed by atoms with Crippen molar-refractivity contribution in [3.63, 3.8) is 0 Å². The minimum atomic E-state index is -0.0481. The minimum absolute atomic E-state index is 0.00991. The SMILES string of the molecule is C=CCC(=O)CC(=O)CCc1ccccc1. The molecule has 2 heteroatoms. The second kappa shape index (κ2) is 6.72. The van der Waals surface area contributed by atoms with Gasteiger partial charge in [0.1, 0.15) is 11.6 Å². The summed E-state index contributed by atoms with van der Waals surface area (Å²) in [4.78, 5) is 22.6. The highest BCUT2D eigenvalue weighted by Gasteiger charge is 2.07. The van der Waals surface area contributed by atoms with Crippen LogP contribution in [0.5, 0.6) is 0 Å². The molecule has 0 N–H and O–H groups in total. The number of hydrogen-bond acceptors (Lipinski definition) is 2. The molecule has 1 aromatic rings. The van der Waals surface area contributed by atoms with E-state index in [1.165, 1.54) is 6.08 Å². The summed E-state index contributed by atoms with van der Waals surface area (Å²) in [5.41, 5.74) is 1.13. The molecule has 16 heavy (non-hydrogen) atoms. The van der Waals surface area contributed by atoms with Gasteiger partial charge in [-0.1, -0.05) is 36.4 Å². The second-order valence-corrected chi connectivity index (χ2v) is 3.73. The highest BCUT2D eigenvalue weighted by molar-refractivity contribution is 5.99. The number of benzene rings is 1. The number of hydrogen-bond donors (Lipinski definition) is 0. The highest BCUT2D eigenvalue weighted by atomic mass is 16.1. The normalized spacial score (nSPS) is 9.75. The lowest BCUT2D eigenvalue weighted by Crippen LogP contribution is -2.07. The van der Waals surface area contributed by atoms with E-state index < -0.39 is 0 Å². The molecule has 0 unspecified atom stereocenters. The van der Waals surface area contributed by atoms with E-state index in [2.05, 4.69) is 6.58 Å². The Morgan fingerprint density at radius 3 is 2.44 bits per heavy atom. The van der Waals surface area contributed by atoms with E-state index in [4.69, 9.17) is 0 Å². The molecule has 0 aliphatic rings. The summed E-state index contributed by atoms with van der Waals surface area (Å²) in [5, 5.41) is 0. The van der Waals surface area contributed by atoms with Gasteiger partial charge in [0.05, 0.1) is 6.42 Å². The molecule has 0 spiro atoms. The highest BCUT2D eigenvalue weighted by Crippen LogP contribution is 2.05. The standard InChI is InChI=1S/C14H16O2/c1-2-6-13(15)11-14(16)10-9-12-7-4-3-5-8-12/h2-5,7-8H,1,6,9-11H2. The average Bonchev–Trinajstić information content (AvgIpc) is 2.28. The number of rotatable bonds is 7. The van der Waals surface area contributed by atoms with Gasteiger partial charge in [0, 0.05) is 12.8 Å². The number of carbonyl (C=O) groups excluding carboxylic acids is 2. The van der Waals surface area contributed by atoms with Crippen molar-refractivity contribution in [3.05, 3.63) is 48.6 Å². The zero-order chi connectivity index (χ0) is 11.8. The van der Waals surface area contributed by atoms with E-state index >= 15 is 0 Å². The van der Waals surface area contributed by atoms with Gasteiger partial charge in [0.2, 0.25) is 0 Å². The predicted octanol–water partition coefficient (Wildman–Crippen LogP) is 2.72. The van der Waals surface area contributed by atoms with Gasteiger partial charge in [-0.25, -0.2) is 0 Å². The number of carbonyl (C=O) groups is 2. The Hall–Kier alpha value is -1.70. The van der Waals surface area contributed by atoms with Crippen molar-refractivity contribution in [2.24, 2.45) is 0 Å². The molecule has 0 aromatic heterocycles. The van der Waals surface area contributed by atoms with Gasteiger partial charge in [-0.15, -0.1) is 6.58 Å². The molecule has 0 amide bonds. The van der Waals surface area contributed by atoms with Crippen LogP contribution in [0.3, 0.4) is 0 Å². The Bertz CT molecular complexity index is 366. The summed E-state index contributed by atoms with van der Waals surface area (Å²) < 4.78 is 0. The first-order chi connectivity index (χ1) is 7.72. The molecule has 0 aliphatic carbocycles. The maximum Gasteiger partial charge on any atom is 0.143 e. The average molecular weight is 216 g/mol. The van der Waals surface area contributed by atoms with Crippen LogP contribution < -0.4 is 0 Å². The topological polar surface area (TPSA) is 34.1 Å². The maximum absolute atomic E-state index is 11.4. The van der Waals surface area contributed by atoms with E-state index in [0.29, 0.717) is 12.8 Å². The van der Waals surface area contributed by atoms with Crippen LogP contribution >= 0.6 is 0 Å². The molecular weight excluding hydrogens is 200 g/mol. The molecule has 0 bridgehead atoms. The van der Waals surface area contributed by atoms with Gasteiger partial charge >= 0.3 is 0 Å². The molecular formula is C14H16O2.